The summed E-state index contributed by atoms with van der Waals surface area (Å²) >= 11 is 0. The van der Waals surface area contributed by atoms with E-state index in [1.54, 1.807) is 0 Å². The molecule has 2 heterocycles. The lowest BCUT2D eigenvalue weighted by atomic mass is 9.95. The van der Waals surface area contributed by atoms with Crippen LogP contribution < -0.4 is 5.32 Å². The van der Waals surface area contributed by atoms with E-state index in [-0.39, 0.29) is 0 Å². The summed E-state index contributed by atoms with van der Waals surface area (Å²) in [5.74, 6) is 0.617. The zero-order valence-corrected chi connectivity index (χ0v) is 11.1. The Hall–Kier alpha value is -1.46. The van der Waals surface area contributed by atoms with E-state index in [0.29, 0.717) is 12.0 Å². The van der Waals surface area contributed by atoms with Crippen molar-refractivity contribution in [3.8, 4) is 0 Å². The maximum atomic E-state index is 5.53. The number of rotatable bonds is 4. The highest BCUT2D eigenvalue weighted by Gasteiger charge is 2.20. The van der Waals surface area contributed by atoms with Crippen LogP contribution in [-0.4, -0.2) is 29.6 Å². The topological polar surface area (TPSA) is 60.2 Å². The van der Waals surface area contributed by atoms with E-state index in [4.69, 9.17) is 9.37 Å². The summed E-state index contributed by atoms with van der Waals surface area (Å²) in [6.45, 7) is 4.86. The summed E-state index contributed by atoms with van der Waals surface area (Å²) in [6, 6.07) is 6.48. The van der Waals surface area contributed by atoms with Crippen LogP contribution in [0.3, 0.4) is 0 Å². The first-order valence-corrected chi connectivity index (χ1v) is 6.85. The van der Waals surface area contributed by atoms with Crippen molar-refractivity contribution in [3.63, 3.8) is 0 Å². The molecule has 102 valence electrons. The summed E-state index contributed by atoms with van der Waals surface area (Å²) in [4.78, 5) is 0. The quantitative estimate of drug-likeness (QED) is 0.913. The zero-order valence-electron chi connectivity index (χ0n) is 11.1. The Labute approximate surface area is 112 Å². The van der Waals surface area contributed by atoms with Gasteiger partial charge in [-0.2, -0.15) is 0 Å². The molecule has 1 aliphatic rings. The largest absolute Gasteiger partial charge is 0.381 e. The van der Waals surface area contributed by atoms with Crippen LogP contribution in [-0.2, 0) is 11.3 Å². The van der Waals surface area contributed by atoms with Gasteiger partial charge >= 0.3 is 0 Å². The minimum absolute atomic E-state index is 0.464. The Bertz CT molecular complexity index is 534. The molecular weight excluding hydrogens is 242 g/mol. The molecule has 0 bridgehead atoms. The maximum absolute atomic E-state index is 5.53. The molecule has 2 atom stereocenters. The molecule has 5 nitrogen and oxygen atoms in total. The molecule has 3 rings (SSSR count). The number of ether oxygens (including phenoxy) is 1. The first-order chi connectivity index (χ1) is 9.33. The van der Waals surface area contributed by atoms with Gasteiger partial charge in [0, 0.05) is 19.2 Å². The maximum Gasteiger partial charge on any atom is 0.135 e. The lowest BCUT2D eigenvalue weighted by Crippen LogP contribution is -2.37. The van der Waals surface area contributed by atoms with Crippen LogP contribution in [0.2, 0.25) is 0 Å². The second-order valence-corrected chi connectivity index (χ2v) is 5.23. The molecule has 1 saturated heterocycles. The third kappa shape index (κ3) is 2.93. The van der Waals surface area contributed by atoms with Crippen LogP contribution in [0.15, 0.2) is 22.8 Å². The van der Waals surface area contributed by atoms with Gasteiger partial charge in [-0.15, -0.1) is 0 Å². The van der Waals surface area contributed by atoms with Gasteiger partial charge in [-0.25, -0.2) is 4.63 Å². The number of benzene rings is 1. The van der Waals surface area contributed by atoms with Gasteiger partial charge in [0.2, 0.25) is 0 Å². The summed E-state index contributed by atoms with van der Waals surface area (Å²) in [5.41, 5.74) is 2.82. The molecule has 0 radical (unpaired) electrons. The fourth-order valence-corrected chi connectivity index (χ4v) is 2.54. The predicted molar refractivity (Wildman–Crippen MR) is 71.6 cm³/mol. The van der Waals surface area contributed by atoms with E-state index >= 15 is 0 Å². The Balaban J connectivity index is 1.58. The van der Waals surface area contributed by atoms with Gasteiger partial charge in [-0.05, 0) is 53.7 Å². The number of nitrogens with one attached hydrogen (secondary N) is 1. The van der Waals surface area contributed by atoms with Crippen LogP contribution in [0, 0.1) is 5.92 Å². The normalized spacial score (nSPS) is 21.6. The van der Waals surface area contributed by atoms with Crippen LogP contribution in [0.25, 0.3) is 11.0 Å². The Morgan fingerprint density at radius 2 is 2.26 bits per heavy atom. The van der Waals surface area contributed by atoms with Gasteiger partial charge in [-0.3, -0.25) is 0 Å². The number of aromatic nitrogens is 2. The van der Waals surface area contributed by atoms with Gasteiger partial charge < -0.3 is 10.1 Å². The molecule has 1 N–H and O–H groups in total. The average molecular weight is 261 g/mol. The second kappa shape index (κ2) is 5.67. The van der Waals surface area contributed by atoms with Crippen LogP contribution in [0.5, 0.6) is 0 Å². The number of fused-ring (bicyclic) bond motifs is 1. The van der Waals surface area contributed by atoms with Crippen molar-refractivity contribution in [1.82, 2.24) is 15.6 Å². The van der Waals surface area contributed by atoms with Crippen molar-refractivity contribution in [3.05, 3.63) is 23.8 Å². The van der Waals surface area contributed by atoms with Crippen molar-refractivity contribution < 1.29 is 9.37 Å². The summed E-state index contributed by atoms with van der Waals surface area (Å²) in [7, 11) is 0. The lowest BCUT2D eigenvalue weighted by molar-refractivity contribution is 0.0417. The standard InChI is InChI=1S/C14H19N3O2/c1-10(12-3-2-6-18-9-12)15-8-11-4-5-13-14(7-11)17-19-16-13/h4-5,7,10,12,15H,2-3,6,8-9H2,1H3/t10-,12-/m0/s1. The summed E-state index contributed by atoms with van der Waals surface area (Å²) in [6.07, 6.45) is 2.42. The highest BCUT2D eigenvalue weighted by molar-refractivity contribution is 5.73. The van der Waals surface area contributed by atoms with E-state index in [1.807, 2.05) is 12.1 Å². The smallest absolute Gasteiger partial charge is 0.135 e. The molecule has 1 aromatic heterocycles. The molecular formula is C14H19N3O2. The first kappa shape index (κ1) is 12.6. The second-order valence-electron chi connectivity index (χ2n) is 5.23. The van der Waals surface area contributed by atoms with Crippen molar-refractivity contribution in [1.29, 1.82) is 0 Å². The molecule has 0 unspecified atom stereocenters. The van der Waals surface area contributed by atoms with E-state index in [2.05, 4.69) is 28.6 Å². The molecule has 0 aliphatic carbocycles. The molecule has 1 aromatic carbocycles. The number of hydrogen-bond donors (Lipinski definition) is 1. The molecule has 1 fully saturated rings. The van der Waals surface area contributed by atoms with Gasteiger partial charge in [0.15, 0.2) is 0 Å². The van der Waals surface area contributed by atoms with Crippen molar-refractivity contribution >= 4 is 11.0 Å². The van der Waals surface area contributed by atoms with E-state index < -0.39 is 0 Å². The Morgan fingerprint density at radius 1 is 1.37 bits per heavy atom. The van der Waals surface area contributed by atoms with E-state index in [1.165, 1.54) is 18.4 Å². The molecule has 0 spiro atoms. The molecule has 0 saturated carbocycles. The molecule has 2 aromatic rings. The highest BCUT2D eigenvalue weighted by Crippen LogP contribution is 2.18. The predicted octanol–water partition coefficient (Wildman–Crippen LogP) is 2.13. The fraction of sp³-hybridized carbons (Fsp3) is 0.571. The third-order valence-corrected chi connectivity index (χ3v) is 3.85. The Kier molecular flexibility index (Phi) is 3.75. The van der Waals surface area contributed by atoms with Crippen molar-refractivity contribution in [2.45, 2.75) is 32.4 Å². The molecule has 5 heteroatoms. The van der Waals surface area contributed by atoms with E-state index in [0.717, 1.165) is 30.8 Å². The van der Waals surface area contributed by atoms with E-state index in [9.17, 15) is 0 Å². The summed E-state index contributed by atoms with van der Waals surface area (Å²) in [5, 5.41) is 11.2. The fourth-order valence-electron chi connectivity index (χ4n) is 2.54. The molecule has 19 heavy (non-hydrogen) atoms. The SMILES string of the molecule is C[C@H](NCc1ccc2nonc2c1)[C@H]1CCCOC1. The van der Waals surface area contributed by atoms with Crippen molar-refractivity contribution in [2.24, 2.45) is 5.92 Å². The minimum Gasteiger partial charge on any atom is -0.381 e. The van der Waals surface area contributed by atoms with Crippen LogP contribution >= 0.6 is 0 Å². The van der Waals surface area contributed by atoms with Gasteiger partial charge in [0.1, 0.15) is 11.0 Å². The molecule has 1 aliphatic heterocycles. The van der Waals surface area contributed by atoms with Crippen LogP contribution in [0.1, 0.15) is 25.3 Å². The van der Waals surface area contributed by atoms with Crippen molar-refractivity contribution in [2.75, 3.05) is 13.2 Å². The van der Waals surface area contributed by atoms with Gasteiger partial charge in [0.25, 0.3) is 0 Å². The highest BCUT2D eigenvalue weighted by atomic mass is 16.6. The minimum atomic E-state index is 0.464. The van der Waals surface area contributed by atoms with Gasteiger partial charge in [0.05, 0.1) is 6.61 Å². The first-order valence-electron chi connectivity index (χ1n) is 6.85. The number of nitrogens with zero attached hydrogens (tertiary/aromatic N) is 2. The third-order valence-electron chi connectivity index (χ3n) is 3.85. The van der Waals surface area contributed by atoms with Crippen LogP contribution in [0.4, 0.5) is 0 Å². The summed E-state index contributed by atoms with van der Waals surface area (Å²) < 4.78 is 10.2. The van der Waals surface area contributed by atoms with Gasteiger partial charge in [-0.1, -0.05) is 6.07 Å². The zero-order chi connectivity index (χ0) is 13.1. The lowest BCUT2D eigenvalue weighted by Gasteiger charge is -2.28. The average Bonchev–Trinajstić information content (AvgIpc) is 2.93. The molecule has 0 amide bonds. The Morgan fingerprint density at radius 3 is 3.11 bits per heavy atom. The number of hydrogen-bond acceptors (Lipinski definition) is 5. The monoisotopic (exact) mass is 261 g/mol.